The molecule has 33 heavy (non-hydrogen) atoms. The lowest BCUT2D eigenvalue weighted by molar-refractivity contribution is -0.275. The Hall–Kier alpha value is -2.27. The van der Waals surface area contributed by atoms with Gasteiger partial charge in [-0.05, 0) is 67.7 Å². The molecule has 0 saturated heterocycles. The van der Waals surface area contributed by atoms with E-state index < -0.39 is 46.2 Å². The first kappa shape index (κ1) is 23.9. The van der Waals surface area contributed by atoms with Crippen molar-refractivity contribution in [2.45, 2.75) is 44.1 Å². The van der Waals surface area contributed by atoms with Gasteiger partial charge in [0, 0.05) is 5.92 Å². The van der Waals surface area contributed by atoms with Gasteiger partial charge in [-0.2, -0.15) is 8.42 Å². The predicted molar refractivity (Wildman–Crippen MR) is 110 cm³/mol. The number of hydrogen-bond donors (Lipinski definition) is 1. The average Bonchev–Trinajstić information content (AvgIpc) is 3.39. The minimum Gasteiger partial charge on any atom is -0.479 e. The third-order valence-corrected chi connectivity index (χ3v) is 7.82. The van der Waals surface area contributed by atoms with Crippen LogP contribution < -0.4 is 9.47 Å². The number of carbonyl (C=O) groups is 1. The van der Waals surface area contributed by atoms with Gasteiger partial charge in [0.2, 0.25) is 0 Å². The van der Waals surface area contributed by atoms with Crippen molar-refractivity contribution in [3.8, 4) is 11.5 Å². The van der Waals surface area contributed by atoms with Crippen molar-refractivity contribution in [1.82, 2.24) is 0 Å². The van der Waals surface area contributed by atoms with Crippen molar-refractivity contribution < 1.29 is 45.1 Å². The molecule has 0 aliphatic heterocycles. The van der Waals surface area contributed by atoms with Crippen LogP contribution in [0.5, 0.6) is 11.5 Å². The van der Waals surface area contributed by atoms with E-state index in [-0.39, 0.29) is 17.2 Å². The summed E-state index contributed by atoms with van der Waals surface area (Å²) in [6.45, 7) is 3.30. The van der Waals surface area contributed by atoms with Crippen LogP contribution in [0.15, 0.2) is 30.9 Å². The SMILES string of the molecule is C=CC1(Oc2cc(C(=O)OCCS(=O)(=O)O)ccc2OC(F)(F)F)CC2CC1C1CCCC21. The largest absolute Gasteiger partial charge is 0.573 e. The molecule has 0 heterocycles. The molecule has 1 aromatic carbocycles. The van der Waals surface area contributed by atoms with Gasteiger partial charge in [-0.15, -0.1) is 13.2 Å². The second-order valence-electron chi connectivity index (χ2n) is 8.96. The molecule has 7 nitrogen and oxygen atoms in total. The van der Waals surface area contributed by atoms with Crippen LogP contribution in [0.4, 0.5) is 13.2 Å². The van der Waals surface area contributed by atoms with Gasteiger partial charge in [0.1, 0.15) is 18.0 Å². The van der Waals surface area contributed by atoms with Gasteiger partial charge >= 0.3 is 12.3 Å². The maximum Gasteiger partial charge on any atom is 0.573 e. The Morgan fingerprint density at radius 1 is 1.24 bits per heavy atom. The lowest BCUT2D eigenvalue weighted by Crippen LogP contribution is -2.44. The summed E-state index contributed by atoms with van der Waals surface area (Å²) < 4.78 is 84.5. The Kier molecular flexibility index (Phi) is 6.15. The minimum absolute atomic E-state index is 0.122. The Bertz CT molecular complexity index is 1040. The quantitative estimate of drug-likeness (QED) is 0.328. The molecule has 3 fully saturated rings. The standard InChI is InChI=1S/C22H25F3O7S/c1-2-21(12-14-10-17(21)16-5-3-4-15(14)16)31-19-11-13(6-7-18(19)32-22(23,24)25)20(26)30-8-9-33(27,28)29/h2,6-7,11,14-17H,1,3-5,8-10,12H2,(H,27,28,29). The summed E-state index contributed by atoms with van der Waals surface area (Å²) in [5, 5.41) is 0. The average molecular weight is 490 g/mol. The molecule has 5 atom stereocenters. The third-order valence-electron chi connectivity index (χ3n) is 7.14. The summed E-state index contributed by atoms with van der Waals surface area (Å²) in [4.78, 5) is 12.3. The van der Waals surface area contributed by atoms with Crippen LogP contribution in [-0.4, -0.2) is 43.3 Å². The van der Waals surface area contributed by atoms with E-state index in [1.807, 2.05) is 0 Å². The highest BCUT2D eigenvalue weighted by atomic mass is 32.2. The fraction of sp³-hybridized carbons (Fsp3) is 0.591. The zero-order valence-corrected chi connectivity index (χ0v) is 18.5. The number of rotatable bonds is 8. The molecule has 0 spiro atoms. The molecule has 0 amide bonds. The fourth-order valence-electron chi connectivity index (χ4n) is 5.98. The van der Waals surface area contributed by atoms with Crippen molar-refractivity contribution >= 4 is 16.1 Å². The molecule has 3 aliphatic carbocycles. The summed E-state index contributed by atoms with van der Waals surface area (Å²) in [5.41, 5.74) is -1.01. The molecule has 11 heteroatoms. The maximum absolute atomic E-state index is 13.0. The van der Waals surface area contributed by atoms with Crippen molar-refractivity contribution in [2.75, 3.05) is 12.4 Å². The lowest BCUT2D eigenvalue weighted by Gasteiger charge is -2.41. The van der Waals surface area contributed by atoms with Gasteiger partial charge in [-0.25, -0.2) is 4.79 Å². The van der Waals surface area contributed by atoms with Crippen LogP contribution in [-0.2, 0) is 14.9 Å². The van der Waals surface area contributed by atoms with E-state index in [0.717, 1.165) is 43.9 Å². The third kappa shape index (κ3) is 4.98. The molecule has 1 N–H and O–H groups in total. The molecule has 182 valence electrons. The van der Waals surface area contributed by atoms with Crippen LogP contribution in [0.3, 0.4) is 0 Å². The van der Waals surface area contributed by atoms with E-state index in [1.165, 1.54) is 0 Å². The molecular weight excluding hydrogens is 465 g/mol. The fourth-order valence-corrected chi connectivity index (χ4v) is 6.27. The number of ether oxygens (including phenoxy) is 3. The van der Waals surface area contributed by atoms with Gasteiger partial charge < -0.3 is 14.2 Å². The van der Waals surface area contributed by atoms with E-state index in [9.17, 15) is 26.4 Å². The molecule has 5 unspecified atom stereocenters. The molecule has 3 aliphatic rings. The van der Waals surface area contributed by atoms with Crippen molar-refractivity contribution in [1.29, 1.82) is 0 Å². The molecule has 0 aromatic heterocycles. The van der Waals surface area contributed by atoms with Crippen LogP contribution in [0.25, 0.3) is 0 Å². The summed E-state index contributed by atoms with van der Waals surface area (Å²) in [7, 11) is -4.33. The van der Waals surface area contributed by atoms with E-state index >= 15 is 0 Å². The Morgan fingerprint density at radius 2 is 1.97 bits per heavy atom. The molecule has 0 radical (unpaired) electrons. The van der Waals surface area contributed by atoms with Gasteiger partial charge in [0.15, 0.2) is 11.5 Å². The first-order valence-electron chi connectivity index (χ1n) is 10.8. The summed E-state index contributed by atoms with van der Waals surface area (Å²) in [6.07, 6.45) is 1.58. The van der Waals surface area contributed by atoms with Crippen molar-refractivity contribution in [3.63, 3.8) is 0 Å². The zero-order valence-electron chi connectivity index (χ0n) is 17.7. The topological polar surface area (TPSA) is 99.1 Å². The monoisotopic (exact) mass is 490 g/mol. The normalized spacial score (nSPS) is 30.7. The van der Waals surface area contributed by atoms with Crippen molar-refractivity contribution in [2.24, 2.45) is 23.7 Å². The number of esters is 1. The number of hydrogen-bond acceptors (Lipinski definition) is 6. The summed E-state index contributed by atoms with van der Waals surface area (Å²) in [6, 6.07) is 3.13. The molecule has 2 bridgehead atoms. The highest BCUT2D eigenvalue weighted by Crippen LogP contribution is 2.64. The second-order valence-corrected chi connectivity index (χ2v) is 10.5. The van der Waals surface area contributed by atoms with Crippen LogP contribution in [0.2, 0.25) is 0 Å². The van der Waals surface area contributed by atoms with Crippen molar-refractivity contribution in [3.05, 3.63) is 36.4 Å². The minimum atomic E-state index is -4.97. The number of halogens is 3. The maximum atomic E-state index is 13.0. The van der Waals surface area contributed by atoms with E-state index in [0.29, 0.717) is 24.2 Å². The lowest BCUT2D eigenvalue weighted by atomic mass is 9.73. The van der Waals surface area contributed by atoms with Gasteiger partial charge in [-0.3, -0.25) is 4.55 Å². The first-order chi connectivity index (χ1) is 15.4. The number of carbonyl (C=O) groups excluding carboxylic acids is 1. The number of fused-ring (bicyclic) bond motifs is 5. The van der Waals surface area contributed by atoms with E-state index in [1.54, 1.807) is 6.08 Å². The van der Waals surface area contributed by atoms with Crippen LogP contribution >= 0.6 is 0 Å². The highest BCUT2D eigenvalue weighted by molar-refractivity contribution is 7.85. The Morgan fingerprint density at radius 3 is 2.64 bits per heavy atom. The zero-order chi connectivity index (χ0) is 24.0. The number of alkyl halides is 3. The predicted octanol–water partition coefficient (Wildman–Crippen LogP) is 4.39. The summed E-state index contributed by atoms with van der Waals surface area (Å²) >= 11 is 0. The van der Waals surface area contributed by atoms with Gasteiger partial charge in [-0.1, -0.05) is 13.0 Å². The summed E-state index contributed by atoms with van der Waals surface area (Å²) in [5.74, 6) is -1.05. The van der Waals surface area contributed by atoms with Crippen LogP contribution in [0.1, 0.15) is 42.5 Å². The molecule has 3 saturated carbocycles. The first-order valence-corrected chi connectivity index (χ1v) is 12.4. The van der Waals surface area contributed by atoms with E-state index in [4.69, 9.17) is 14.0 Å². The van der Waals surface area contributed by atoms with Gasteiger partial charge in [0.05, 0.1) is 5.56 Å². The van der Waals surface area contributed by atoms with Gasteiger partial charge in [0.25, 0.3) is 10.1 Å². The Balaban J connectivity index is 1.60. The molecule has 1 aromatic rings. The second kappa shape index (κ2) is 8.50. The molecular formula is C22H25F3O7S. The highest BCUT2D eigenvalue weighted by Gasteiger charge is 2.61. The molecule has 4 rings (SSSR count). The Labute approximate surface area is 189 Å². The van der Waals surface area contributed by atoms with E-state index in [2.05, 4.69) is 11.3 Å². The number of benzene rings is 1. The smallest absolute Gasteiger partial charge is 0.479 e. The van der Waals surface area contributed by atoms with Crippen LogP contribution in [0, 0.1) is 23.7 Å².